The predicted octanol–water partition coefficient (Wildman–Crippen LogP) is 6.41. The Morgan fingerprint density at radius 3 is 2.50 bits per heavy atom. The molecule has 1 amide bonds. The monoisotopic (exact) mass is 511 g/mol. The van der Waals surface area contributed by atoms with Crippen molar-refractivity contribution in [3.8, 4) is 27.6 Å². The van der Waals surface area contributed by atoms with Gasteiger partial charge in [0.2, 0.25) is 0 Å². The van der Waals surface area contributed by atoms with E-state index in [1.165, 1.54) is 6.42 Å². The molecule has 1 aliphatic heterocycles. The highest BCUT2D eigenvalue weighted by atomic mass is 35.5. The highest BCUT2D eigenvalue weighted by Crippen LogP contribution is 2.34. The van der Waals surface area contributed by atoms with Crippen LogP contribution in [0.3, 0.4) is 0 Å². The number of halogens is 2. The van der Waals surface area contributed by atoms with Crippen LogP contribution in [0.1, 0.15) is 35.4 Å². The topological polar surface area (TPSA) is 63.1 Å². The summed E-state index contributed by atoms with van der Waals surface area (Å²) >= 11 is 14.3. The molecule has 1 saturated heterocycles. The minimum atomic E-state index is -0.219. The van der Waals surface area contributed by atoms with Gasteiger partial charge in [-0.05, 0) is 62.2 Å². The Balaban J connectivity index is 1.58. The fourth-order valence-corrected chi connectivity index (χ4v) is 5.34. The van der Waals surface area contributed by atoms with Crippen LogP contribution in [-0.4, -0.2) is 38.5 Å². The van der Waals surface area contributed by atoms with E-state index in [1.54, 1.807) is 29.7 Å². The zero-order valence-electron chi connectivity index (χ0n) is 18.6. The Morgan fingerprint density at radius 2 is 1.82 bits per heavy atom. The molecule has 1 fully saturated rings. The first-order valence-electron chi connectivity index (χ1n) is 11.1. The summed E-state index contributed by atoms with van der Waals surface area (Å²) in [6.45, 7) is 3.60. The van der Waals surface area contributed by atoms with Crippen LogP contribution in [-0.2, 0) is 0 Å². The number of hydrazine groups is 1. The molecular formula is C25H23Cl2N5OS. The second-order valence-corrected chi connectivity index (χ2v) is 9.94. The lowest BCUT2D eigenvalue weighted by Crippen LogP contribution is -2.45. The van der Waals surface area contributed by atoms with Gasteiger partial charge in [-0.15, -0.1) is 11.3 Å². The maximum absolute atomic E-state index is 13.2. The summed E-state index contributed by atoms with van der Waals surface area (Å²) in [6, 6.07) is 13.3. The molecule has 5 rings (SSSR count). The van der Waals surface area contributed by atoms with E-state index in [9.17, 15) is 4.79 Å². The summed E-state index contributed by atoms with van der Waals surface area (Å²) in [4.78, 5) is 22.4. The third-order valence-corrected chi connectivity index (χ3v) is 7.29. The Bertz CT molecular complexity index is 1310. The molecule has 0 radical (unpaired) electrons. The molecule has 1 N–H and O–H groups in total. The van der Waals surface area contributed by atoms with E-state index in [0.29, 0.717) is 27.1 Å². The van der Waals surface area contributed by atoms with Crippen molar-refractivity contribution in [2.75, 3.05) is 13.1 Å². The zero-order chi connectivity index (χ0) is 23.7. The number of thiazole rings is 1. The molecule has 0 bridgehead atoms. The first kappa shape index (κ1) is 23.1. The average molecular weight is 512 g/mol. The second-order valence-electron chi connectivity index (χ2n) is 8.20. The van der Waals surface area contributed by atoms with Crippen molar-refractivity contribution < 1.29 is 4.79 Å². The highest BCUT2D eigenvalue weighted by Gasteiger charge is 2.24. The van der Waals surface area contributed by atoms with Crippen molar-refractivity contribution in [2.24, 2.45) is 0 Å². The van der Waals surface area contributed by atoms with Crippen LogP contribution < -0.4 is 5.43 Å². The van der Waals surface area contributed by atoms with Gasteiger partial charge in [-0.1, -0.05) is 29.6 Å². The van der Waals surface area contributed by atoms with Crippen LogP contribution in [0.15, 0.2) is 54.0 Å². The van der Waals surface area contributed by atoms with Gasteiger partial charge >= 0.3 is 0 Å². The van der Waals surface area contributed by atoms with Gasteiger partial charge in [0.1, 0.15) is 10.8 Å². The zero-order valence-corrected chi connectivity index (χ0v) is 20.9. The first-order valence-corrected chi connectivity index (χ1v) is 12.8. The smallest absolute Gasteiger partial charge is 0.286 e. The highest BCUT2D eigenvalue weighted by molar-refractivity contribution is 7.13. The number of amides is 1. The second kappa shape index (κ2) is 9.88. The van der Waals surface area contributed by atoms with E-state index in [-0.39, 0.29) is 5.91 Å². The molecular weight excluding hydrogens is 489 g/mol. The maximum atomic E-state index is 13.2. The average Bonchev–Trinajstić information content (AvgIpc) is 3.48. The van der Waals surface area contributed by atoms with Gasteiger partial charge in [0, 0.05) is 46.5 Å². The summed E-state index contributed by atoms with van der Waals surface area (Å²) in [5.41, 5.74) is 6.75. The Kier molecular flexibility index (Phi) is 6.70. The van der Waals surface area contributed by atoms with Crippen molar-refractivity contribution in [1.82, 2.24) is 25.0 Å². The van der Waals surface area contributed by atoms with E-state index >= 15 is 0 Å². The molecule has 0 aliphatic carbocycles. The molecule has 3 heterocycles. The van der Waals surface area contributed by atoms with Gasteiger partial charge in [-0.3, -0.25) is 14.8 Å². The minimum absolute atomic E-state index is 0.219. The molecule has 9 heteroatoms. The third-order valence-electron chi connectivity index (χ3n) is 5.92. The summed E-state index contributed by atoms with van der Waals surface area (Å²) in [5, 5.41) is 5.90. The van der Waals surface area contributed by atoms with Gasteiger partial charge in [0.15, 0.2) is 5.69 Å². The number of benzene rings is 2. The summed E-state index contributed by atoms with van der Waals surface area (Å²) in [6.07, 6.45) is 5.13. The normalized spacial score (nSPS) is 14.3. The van der Waals surface area contributed by atoms with E-state index in [2.05, 4.69) is 10.4 Å². The lowest BCUT2D eigenvalue weighted by molar-refractivity contribution is 0.0744. The van der Waals surface area contributed by atoms with Gasteiger partial charge in [-0.2, -0.15) is 0 Å². The van der Waals surface area contributed by atoms with Crippen molar-refractivity contribution in [2.45, 2.75) is 26.2 Å². The molecule has 0 spiro atoms. The number of hydrogen-bond donors (Lipinski definition) is 1. The number of nitrogens with zero attached hydrogens (tertiary/aromatic N) is 4. The predicted molar refractivity (Wildman–Crippen MR) is 138 cm³/mol. The SMILES string of the molecule is Cc1c(C(=O)NN2CCCCC2)nc(-c2ccc(Cl)cc2Cl)n1-c1ccc(-c2nccs2)cc1. The molecule has 0 atom stereocenters. The molecule has 1 aliphatic rings. The number of carbonyl (C=O) groups excluding carboxylic acids is 1. The molecule has 34 heavy (non-hydrogen) atoms. The van der Waals surface area contributed by atoms with E-state index < -0.39 is 0 Å². The molecule has 6 nitrogen and oxygen atoms in total. The molecule has 2 aromatic heterocycles. The van der Waals surface area contributed by atoms with Crippen LogP contribution in [0.5, 0.6) is 0 Å². The van der Waals surface area contributed by atoms with Crippen LogP contribution in [0.4, 0.5) is 0 Å². The molecule has 0 saturated carbocycles. The lowest BCUT2D eigenvalue weighted by Gasteiger charge is -2.26. The van der Waals surface area contributed by atoms with Crippen molar-refractivity contribution >= 4 is 40.4 Å². The standard InChI is InChI=1S/C25H23Cl2N5OS/c1-16-22(24(33)30-31-12-3-2-4-13-31)29-23(20-10-7-18(26)15-21(20)27)32(16)19-8-5-17(6-9-19)25-28-11-14-34-25/h5-11,14-15H,2-4,12-13H2,1H3,(H,30,33). The Hall–Kier alpha value is -2.71. The van der Waals surface area contributed by atoms with Crippen LogP contribution in [0, 0.1) is 6.92 Å². The van der Waals surface area contributed by atoms with E-state index in [0.717, 1.165) is 47.9 Å². The number of piperidine rings is 1. The summed E-state index contributed by atoms with van der Waals surface area (Å²) in [5.74, 6) is 0.369. The third kappa shape index (κ3) is 4.61. The van der Waals surface area contributed by atoms with Crippen LogP contribution in [0.25, 0.3) is 27.6 Å². The van der Waals surface area contributed by atoms with Gasteiger partial charge in [0.25, 0.3) is 5.91 Å². The Morgan fingerprint density at radius 1 is 1.06 bits per heavy atom. The maximum Gasteiger partial charge on any atom is 0.286 e. The molecule has 0 unspecified atom stereocenters. The van der Waals surface area contributed by atoms with E-state index in [1.807, 2.05) is 52.2 Å². The molecule has 4 aromatic rings. The number of carbonyl (C=O) groups is 1. The number of imidazole rings is 1. The van der Waals surface area contributed by atoms with Gasteiger partial charge in [-0.25, -0.2) is 15.0 Å². The first-order chi connectivity index (χ1) is 16.5. The fraction of sp³-hybridized carbons (Fsp3) is 0.240. The van der Waals surface area contributed by atoms with Gasteiger partial charge < -0.3 is 0 Å². The van der Waals surface area contributed by atoms with Crippen molar-refractivity contribution in [1.29, 1.82) is 0 Å². The van der Waals surface area contributed by atoms with Gasteiger partial charge in [0.05, 0.1) is 10.7 Å². The largest absolute Gasteiger partial charge is 0.296 e. The molecule has 174 valence electrons. The summed E-state index contributed by atoms with van der Waals surface area (Å²) in [7, 11) is 0. The summed E-state index contributed by atoms with van der Waals surface area (Å²) < 4.78 is 1.96. The lowest BCUT2D eigenvalue weighted by atomic mass is 10.1. The molecule has 2 aromatic carbocycles. The van der Waals surface area contributed by atoms with Crippen LogP contribution >= 0.6 is 34.5 Å². The Labute approximate surface area is 212 Å². The van der Waals surface area contributed by atoms with Crippen molar-refractivity contribution in [3.05, 3.63) is 75.5 Å². The quantitative estimate of drug-likeness (QED) is 0.336. The number of hydrogen-bond acceptors (Lipinski definition) is 5. The minimum Gasteiger partial charge on any atom is -0.296 e. The number of nitrogens with one attached hydrogen (secondary N) is 1. The number of rotatable bonds is 5. The van der Waals surface area contributed by atoms with Crippen LogP contribution in [0.2, 0.25) is 10.0 Å². The van der Waals surface area contributed by atoms with E-state index in [4.69, 9.17) is 28.2 Å². The fourth-order valence-electron chi connectivity index (χ4n) is 4.21. The van der Waals surface area contributed by atoms with Crippen molar-refractivity contribution in [3.63, 3.8) is 0 Å². The number of aromatic nitrogens is 3.